The maximum Gasteiger partial charge on any atom is 0.309 e. The Labute approximate surface area is 212 Å². The Kier molecular flexibility index (Phi) is 6.20. The molecule has 0 N–H and O–H groups in total. The largest absolute Gasteiger partial charge is 0.460 e. The molecular weight excluding hydrogens is 456 g/mol. The molecule has 2 fully saturated rings. The molecule has 0 aromatic rings. The quantitative estimate of drug-likeness (QED) is 0.450. The van der Waals surface area contributed by atoms with Crippen molar-refractivity contribution in [2.24, 2.45) is 34.5 Å². The van der Waals surface area contributed by atoms with Crippen LogP contribution in [0.1, 0.15) is 66.2 Å². The van der Waals surface area contributed by atoms with Crippen LogP contribution in [0.3, 0.4) is 0 Å². The highest BCUT2D eigenvalue weighted by Crippen LogP contribution is 2.51. The van der Waals surface area contributed by atoms with E-state index in [1.54, 1.807) is 12.2 Å². The summed E-state index contributed by atoms with van der Waals surface area (Å²) >= 11 is 0. The summed E-state index contributed by atoms with van der Waals surface area (Å²) in [7, 11) is 0. The van der Waals surface area contributed by atoms with Gasteiger partial charge in [0.2, 0.25) is 0 Å². The van der Waals surface area contributed by atoms with Crippen molar-refractivity contribution in [2.75, 3.05) is 13.2 Å². The Morgan fingerprint density at radius 3 is 1.47 bits per heavy atom. The fraction of sp³-hybridized carbons (Fsp3) is 0.600. The standard InChI is InChI=1S/C30H36O6/c1-17-19-5-9-29(3)11-7-26(32)22(23(29)13-19)16-36-28(34)18(2)20-6-10-30(4)12-8-25(31)21(24(30)14-20)15-35-27(17)33/h7-8,11-12,17-20H,5-6,9-10,13-16H2,1-4H3/t17?,18?,19-,20-,29+,30+/m1/s1. The topological polar surface area (TPSA) is 86.7 Å². The van der Waals surface area contributed by atoms with Gasteiger partial charge in [0.15, 0.2) is 11.6 Å². The summed E-state index contributed by atoms with van der Waals surface area (Å²) in [5.74, 6) is -1.55. The Hall–Kier alpha value is -2.76. The van der Waals surface area contributed by atoms with E-state index < -0.39 is 0 Å². The lowest BCUT2D eigenvalue weighted by Gasteiger charge is -2.43. The number of fused-ring (bicyclic) bond motifs is 2. The molecule has 6 heteroatoms. The molecule has 0 radical (unpaired) electrons. The lowest BCUT2D eigenvalue weighted by atomic mass is 9.62. The van der Waals surface area contributed by atoms with Crippen LogP contribution < -0.4 is 0 Å². The zero-order valence-corrected chi connectivity index (χ0v) is 21.7. The van der Waals surface area contributed by atoms with Crippen molar-refractivity contribution in [3.8, 4) is 0 Å². The van der Waals surface area contributed by atoms with Crippen molar-refractivity contribution in [2.45, 2.75) is 66.2 Å². The van der Waals surface area contributed by atoms with Gasteiger partial charge in [-0.3, -0.25) is 19.2 Å². The Balaban J connectivity index is 1.52. The van der Waals surface area contributed by atoms with Crippen molar-refractivity contribution in [3.63, 3.8) is 0 Å². The normalized spacial score (nSPS) is 39.2. The van der Waals surface area contributed by atoms with Crippen molar-refractivity contribution >= 4 is 23.5 Å². The molecule has 5 aliphatic rings. The van der Waals surface area contributed by atoms with Gasteiger partial charge in [-0.05, 0) is 73.7 Å². The minimum absolute atomic E-state index is 0.0151. The molecule has 36 heavy (non-hydrogen) atoms. The van der Waals surface area contributed by atoms with Crippen LogP contribution in [0.25, 0.3) is 0 Å². The van der Waals surface area contributed by atoms with Gasteiger partial charge in [-0.15, -0.1) is 0 Å². The SMILES string of the molecule is CC1C(=O)OCC2=C3C[C@@H](CC[C@@]3(C)C=CC2=O)C(C)C(=O)OCC2=C3C[C@H]1CC[C@@]3(C)C=CC2=O. The van der Waals surface area contributed by atoms with Gasteiger partial charge in [0.25, 0.3) is 0 Å². The first-order chi connectivity index (χ1) is 17.0. The third-order valence-electron chi connectivity index (χ3n) is 9.78. The van der Waals surface area contributed by atoms with Crippen molar-refractivity contribution in [1.29, 1.82) is 0 Å². The molecule has 0 aromatic carbocycles. The highest BCUT2D eigenvalue weighted by Gasteiger charge is 2.44. The maximum atomic E-state index is 13.2. The number of hydrogen-bond donors (Lipinski definition) is 0. The third-order valence-corrected chi connectivity index (χ3v) is 9.78. The van der Waals surface area contributed by atoms with E-state index in [0.717, 1.165) is 36.8 Å². The van der Waals surface area contributed by atoms with Crippen LogP contribution in [-0.4, -0.2) is 36.7 Å². The molecule has 0 amide bonds. The molecular formula is C30H36O6. The van der Waals surface area contributed by atoms with Crippen LogP contribution in [0, 0.1) is 34.5 Å². The van der Waals surface area contributed by atoms with Gasteiger partial charge in [0.1, 0.15) is 13.2 Å². The number of rotatable bonds is 0. The van der Waals surface area contributed by atoms with Crippen LogP contribution in [0.4, 0.5) is 0 Å². The Morgan fingerprint density at radius 1 is 0.694 bits per heavy atom. The predicted octanol–water partition coefficient (Wildman–Crippen LogP) is 4.84. The minimum Gasteiger partial charge on any atom is -0.460 e. The van der Waals surface area contributed by atoms with Crippen molar-refractivity contribution in [1.82, 2.24) is 0 Å². The molecule has 2 unspecified atom stereocenters. The van der Waals surface area contributed by atoms with E-state index in [1.807, 2.05) is 26.0 Å². The molecule has 2 saturated carbocycles. The highest BCUT2D eigenvalue weighted by molar-refractivity contribution is 6.07. The summed E-state index contributed by atoms with van der Waals surface area (Å²) in [6.45, 7) is 7.90. The first-order valence-corrected chi connectivity index (χ1v) is 13.3. The van der Waals surface area contributed by atoms with Crippen LogP contribution >= 0.6 is 0 Å². The lowest BCUT2D eigenvalue weighted by molar-refractivity contribution is -0.149. The zero-order valence-electron chi connectivity index (χ0n) is 21.7. The van der Waals surface area contributed by atoms with Crippen LogP contribution in [0.5, 0.6) is 0 Å². The second-order valence-electron chi connectivity index (χ2n) is 11.9. The van der Waals surface area contributed by atoms with E-state index >= 15 is 0 Å². The monoisotopic (exact) mass is 492 g/mol. The zero-order chi connectivity index (χ0) is 25.8. The van der Waals surface area contributed by atoms with Crippen LogP contribution in [0.15, 0.2) is 46.6 Å². The first kappa shape index (κ1) is 24.9. The maximum absolute atomic E-state index is 13.2. The molecule has 0 aromatic heterocycles. The molecule has 5 rings (SSSR count). The molecule has 0 spiro atoms. The average molecular weight is 493 g/mol. The number of allylic oxidation sites excluding steroid dienone is 6. The van der Waals surface area contributed by atoms with E-state index in [2.05, 4.69) is 13.8 Å². The summed E-state index contributed by atoms with van der Waals surface area (Å²) in [5, 5.41) is 0. The van der Waals surface area contributed by atoms with Crippen LogP contribution in [0.2, 0.25) is 0 Å². The number of ketones is 2. The lowest BCUT2D eigenvalue weighted by Crippen LogP contribution is -2.38. The van der Waals surface area contributed by atoms with E-state index in [9.17, 15) is 19.2 Å². The molecule has 6 nitrogen and oxygen atoms in total. The van der Waals surface area contributed by atoms with E-state index in [0.29, 0.717) is 24.0 Å². The predicted molar refractivity (Wildman–Crippen MR) is 133 cm³/mol. The Bertz CT molecular complexity index is 1060. The molecule has 1 heterocycles. The first-order valence-electron chi connectivity index (χ1n) is 13.3. The second-order valence-corrected chi connectivity index (χ2v) is 11.9. The average Bonchev–Trinajstić information content (AvgIpc) is 2.86. The fourth-order valence-corrected chi connectivity index (χ4v) is 6.89. The van der Waals surface area contributed by atoms with E-state index in [4.69, 9.17) is 9.47 Å². The summed E-state index contributed by atoms with van der Waals surface area (Å²) in [5.41, 5.74) is 2.51. The molecule has 6 atom stereocenters. The van der Waals surface area contributed by atoms with E-state index in [-0.39, 0.29) is 71.2 Å². The number of cyclic esters (lactones) is 2. The smallest absolute Gasteiger partial charge is 0.309 e. The van der Waals surface area contributed by atoms with Crippen LogP contribution in [-0.2, 0) is 28.7 Å². The highest BCUT2D eigenvalue weighted by atomic mass is 16.5. The van der Waals surface area contributed by atoms with Crippen molar-refractivity contribution < 1.29 is 28.7 Å². The number of esters is 2. The van der Waals surface area contributed by atoms with Gasteiger partial charge in [0.05, 0.1) is 11.8 Å². The third kappa shape index (κ3) is 4.12. The molecule has 1 aliphatic heterocycles. The van der Waals surface area contributed by atoms with Gasteiger partial charge in [-0.1, -0.05) is 39.8 Å². The number of hydrogen-bond acceptors (Lipinski definition) is 6. The minimum atomic E-state index is -0.370. The number of carbonyl (C=O) groups excluding carboxylic acids is 4. The van der Waals surface area contributed by atoms with Gasteiger partial charge in [0, 0.05) is 22.0 Å². The molecule has 4 aliphatic carbocycles. The second kappa shape index (κ2) is 8.97. The molecule has 0 saturated heterocycles. The van der Waals surface area contributed by atoms with Gasteiger partial charge >= 0.3 is 11.9 Å². The summed E-state index contributed by atoms with van der Waals surface area (Å²) in [6.07, 6.45) is 11.6. The number of ether oxygens (including phenoxy) is 2. The molecule has 4 bridgehead atoms. The van der Waals surface area contributed by atoms with Crippen molar-refractivity contribution in [3.05, 3.63) is 46.6 Å². The Morgan fingerprint density at radius 2 is 1.08 bits per heavy atom. The number of carbonyl (C=O) groups is 4. The summed E-state index contributed by atoms with van der Waals surface area (Å²) in [6, 6.07) is 0. The van der Waals surface area contributed by atoms with Gasteiger partial charge < -0.3 is 9.47 Å². The summed E-state index contributed by atoms with van der Waals surface area (Å²) in [4.78, 5) is 52.1. The fourth-order valence-electron chi connectivity index (χ4n) is 6.89. The van der Waals surface area contributed by atoms with E-state index in [1.165, 1.54) is 0 Å². The molecule has 192 valence electrons. The van der Waals surface area contributed by atoms with Gasteiger partial charge in [-0.25, -0.2) is 0 Å². The van der Waals surface area contributed by atoms with Gasteiger partial charge in [-0.2, -0.15) is 0 Å². The summed E-state index contributed by atoms with van der Waals surface area (Å²) < 4.78 is 11.6.